The van der Waals surface area contributed by atoms with Gasteiger partial charge in [0.05, 0.1) is 12.1 Å². The van der Waals surface area contributed by atoms with Crippen LogP contribution in [0.5, 0.6) is 5.75 Å². The van der Waals surface area contributed by atoms with Crippen LogP contribution in [0.4, 0.5) is 0 Å². The first-order valence-corrected chi connectivity index (χ1v) is 11.6. The number of aromatic hydroxyl groups is 1. The second kappa shape index (κ2) is 15.1. The van der Waals surface area contributed by atoms with Crippen LogP contribution in [0.25, 0.3) is 0 Å². The molecule has 0 fully saturated rings. The topological polar surface area (TPSA) is 277 Å². The highest BCUT2D eigenvalue weighted by molar-refractivity contribution is 5.94. The molecule has 0 saturated heterocycles. The molecule has 5 atom stereocenters. The van der Waals surface area contributed by atoms with E-state index >= 15 is 0 Å². The van der Waals surface area contributed by atoms with Crippen molar-refractivity contribution in [3.63, 3.8) is 0 Å². The van der Waals surface area contributed by atoms with E-state index in [9.17, 15) is 44.1 Å². The van der Waals surface area contributed by atoms with Gasteiger partial charge in [-0.1, -0.05) is 12.1 Å². The minimum Gasteiger partial charge on any atom is -0.508 e. The summed E-state index contributed by atoms with van der Waals surface area (Å²) in [7, 11) is 0. The summed E-state index contributed by atoms with van der Waals surface area (Å²) in [6.07, 6.45) is -2.74. The standard InChI is InChI=1S/C23H34N6O9/c1-11(30)19(29-20(34)14(24)10-12-2-4-13(31)5-3-12)22(36)27-15(6-8-17(25)32)21(35)28-16(23(37)38)7-9-18(26)33/h2-5,11,14-16,19,30-31H,6-10,24H2,1H3,(H2,25,32)(H2,26,33)(H,27,36)(H,28,35)(H,29,34)(H,37,38). The maximum atomic E-state index is 12.9. The normalized spacial score (nSPS) is 14.7. The number of aliphatic hydroxyl groups excluding tert-OH is 1. The molecule has 0 aromatic heterocycles. The maximum absolute atomic E-state index is 12.9. The molecular formula is C23H34N6O9. The van der Waals surface area contributed by atoms with Crippen LogP contribution in [0.1, 0.15) is 38.2 Å². The zero-order valence-electron chi connectivity index (χ0n) is 20.8. The van der Waals surface area contributed by atoms with E-state index in [0.29, 0.717) is 5.56 Å². The van der Waals surface area contributed by atoms with Gasteiger partial charge < -0.3 is 48.5 Å². The lowest BCUT2D eigenvalue weighted by atomic mass is 10.0. The van der Waals surface area contributed by atoms with Gasteiger partial charge in [0.2, 0.25) is 29.5 Å². The van der Waals surface area contributed by atoms with Crippen LogP contribution in [-0.2, 0) is 35.2 Å². The Bertz CT molecular complexity index is 1020. The smallest absolute Gasteiger partial charge is 0.326 e. The van der Waals surface area contributed by atoms with Crippen molar-refractivity contribution in [3.05, 3.63) is 29.8 Å². The molecule has 1 aromatic rings. The Hall–Kier alpha value is -4.24. The lowest BCUT2D eigenvalue weighted by Gasteiger charge is -2.26. The summed E-state index contributed by atoms with van der Waals surface area (Å²) in [5, 5.41) is 35.5. The number of phenols is 1. The van der Waals surface area contributed by atoms with Gasteiger partial charge in [-0.2, -0.15) is 0 Å². The van der Waals surface area contributed by atoms with Crippen LogP contribution >= 0.6 is 0 Å². The monoisotopic (exact) mass is 538 g/mol. The molecule has 210 valence electrons. The number of amides is 5. The van der Waals surface area contributed by atoms with E-state index in [1.54, 1.807) is 12.1 Å². The first-order valence-electron chi connectivity index (χ1n) is 11.6. The van der Waals surface area contributed by atoms with Crippen molar-refractivity contribution in [1.82, 2.24) is 16.0 Å². The third-order valence-corrected chi connectivity index (χ3v) is 5.40. The maximum Gasteiger partial charge on any atom is 0.326 e. The average Bonchev–Trinajstić information content (AvgIpc) is 2.82. The van der Waals surface area contributed by atoms with E-state index < -0.39 is 65.8 Å². The number of carbonyl (C=O) groups is 6. The van der Waals surface area contributed by atoms with Crippen molar-refractivity contribution in [3.8, 4) is 5.75 Å². The fourth-order valence-electron chi connectivity index (χ4n) is 3.28. The molecule has 1 aromatic carbocycles. The Kier molecular flexibility index (Phi) is 12.6. The molecule has 0 aliphatic heterocycles. The molecule has 0 aliphatic carbocycles. The van der Waals surface area contributed by atoms with Crippen molar-refractivity contribution in [2.24, 2.45) is 17.2 Å². The number of rotatable bonds is 16. The van der Waals surface area contributed by atoms with Crippen LogP contribution in [0.3, 0.4) is 0 Å². The fourth-order valence-corrected chi connectivity index (χ4v) is 3.28. The third kappa shape index (κ3) is 11.2. The number of carboxylic acids is 1. The molecule has 0 radical (unpaired) electrons. The number of benzene rings is 1. The van der Waals surface area contributed by atoms with Crippen LogP contribution in [0, 0.1) is 0 Å². The highest BCUT2D eigenvalue weighted by Crippen LogP contribution is 2.11. The Labute approximate surface area is 218 Å². The van der Waals surface area contributed by atoms with Gasteiger partial charge in [0.25, 0.3) is 0 Å². The molecular weight excluding hydrogens is 504 g/mol. The van der Waals surface area contributed by atoms with Gasteiger partial charge in [0, 0.05) is 12.8 Å². The quantitative estimate of drug-likeness (QED) is 0.101. The van der Waals surface area contributed by atoms with Gasteiger partial charge in [-0.05, 0) is 43.9 Å². The Balaban J connectivity index is 2.96. The summed E-state index contributed by atoms with van der Waals surface area (Å²) >= 11 is 0. The minimum absolute atomic E-state index is 0.0232. The van der Waals surface area contributed by atoms with Gasteiger partial charge >= 0.3 is 5.97 Å². The molecule has 12 N–H and O–H groups in total. The van der Waals surface area contributed by atoms with Gasteiger partial charge in [-0.15, -0.1) is 0 Å². The molecule has 0 aliphatic rings. The number of primary amides is 2. The fraction of sp³-hybridized carbons (Fsp3) is 0.478. The van der Waals surface area contributed by atoms with E-state index in [-0.39, 0.29) is 37.9 Å². The second-order valence-electron chi connectivity index (χ2n) is 8.67. The number of hydrogen-bond donors (Lipinski definition) is 9. The van der Waals surface area contributed by atoms with Crippen molar-refractivity contribution < 1.29 is 44.1 Å². The first kappa shape index (κ1) is 31.8. The number of carbonyl (C=O) groups excluding carboxylic acids is 5. The largest absolute Gasteiger partial charge is 0.508 e. The highest BCUT2D eigenvalue weighted by atomic mass is 16.4. The molecule has 38 heavy (non-hydrogen) atoms. The van der Waals surface area contributed by atoms with Crippen LogP contribution in [0.15, 0.2) is 24.3 Å². The summed E-state index contributed by atoms with van der Waals surface area (Å²) < 4.78 is 0. The number of nitrogens with two attached hydrogens (primary N) is 3. The average molecular weight is 539 g/mol. The van der Waals surface area contributed by atoms with Crippen molar-refractivity contribution >= 4 is 35.5 Å². The molecule has 0 heterocycles. The second-order valence-corrected chi connectivity index (χ2v) is 8.67. The number of hydrogen-bond acceptors (Lipinski definition) is 9. The number of carboxylic acid groups (broad SMARTS) is 1. The van der Waals surface area contributed by atoms with E-state index in [0.717, 1.165) is 0 Å². The molecule has 1 rings (SSSR count). The Morgan fingerprint density at radius 3 is 1.79 bits per heavy atom. The number of phenolic OH excluding ortho intramolecular Hbond substituents is 1. The Morgan fingerprint density at radius 2 is 1.32 bits per heavy atom. The van der Waals surface area contributed by atoms with Gasteiger partial charge in [0.15, 0.2) is 0 Å². The summed E-state index contributed by atoms with van der Waals surface area (Å²) in [5.74, 6) is -5.85. The SMILES string of the molecule is CC(O)C(NC(=O)C(N)Cc1ccc(O)cc1)C(=O)NC(CCC(N)=O)C(=O)NC(CCC(N)=O)C(=O)O. The van der Waals surface area contributed by atoms with E-state index in [2.05, 4.69) is 16.0 Å². The summed E-state index contributed by atoms with van der Waals surface area (Å²) in [6.45, 7) is 1.21. The summed E-state index contributed by atoms with van der Waals surface area (Å²) in [4.78, 5) is 72.0. The van der Waals surface area contributed by atoms with Crippen LogP contribution < -0.4 is 33.2 Å². The summed E-state index contributed by atoms with van der Waals surface area (Å²) in [6, 6.07) is 0.223. The molecule has 0 bridgehead atoms. The zero-order chi connectivity index (χ0) is 29.0. The lowest BCUT2D eigenvalue weighted by molar-refractivity contribution is -0.143. The van der Waals surface area contributed by atoms with Gasteiger partial charge in [0.1, 0.15) is 23.9 Å². The molecule has 15 nitrogen and oxygen atoms in total. The van der Waals surface area contributed by atoms with E-state index in [1.807, 2.05) is 0 Å². The van der Waals surface area contributed by atoms with Crippen molar-refractivity contribution in [1.29, 1.82) is 0 Å². The van der Waals surface area contributed by atoms with Gasteiger partial charge in [-0.3, -0.25) is 24.0 Å². The van der Waals surface area contributed by atoms with Crippen molar-refractivity contribution in [2.45, 2.75) is 69.3 Å². The van der Waals surface area contributed by atoms with Crippen LogP contribution in [-0.4, -0.2) is 81.1 Å². The minimum atomic E-state index is -1.57. The lowest BCUT2D eigenvalue weighted by Crippen LogP contribution is -2.60. The molecule has 0 saturated carbocycles. The third-order valence-electron chi connectivity index (χ3n) is 5.40. The predicted octanol–water partition coefficient (Wildman–Crippen LogP) is -3.29. The molecule has 0 spiro atoms. The molecule has 5 unspecified atom stereocenters. The number of aliphatic carboxylic acids is 1. The van der Waals surface area contributed by atoms with Gasteiger partial charge in [-0.25, -0.2) is 4.79 Å². The predicted molar refractivity (Wildman–Crippen MR) is 132 cm³/mol. The number of aliphatic hydroxyl groups is 1. The van der Waals surface area contributed by atoms with E-state index in [1.165, 1.54) is 19.1 Å². The number of nitrogens with one attached hydrogen (secondary N) is 3. The Morgan fingerprint density at radius 1 is 0.816 bits per heavy atom. The van der Waals surface area contributed by atoms with E-state index in [4.69, 9.17) is 17.2 Å². The zero-order valence-corrected chi connectivity index (χ0v) is 20.8. The first-order chi connectivity index (χ1) is 17.7. The molecule has 5 amide bonds. The summed E-state index contributed by atoms with van der Waals surface area (Å²) in [5.41, 5.74) is 16.7. The van der Waals surface area contributed by atoms with Crippen molar-refractivity contribution in [2.75, 3.05) is 0 Å². The molecule has 15 heteroatoms. The highest BCUT2D eigenvalue weighted by Gasteiger charge is 2.32. The van der Waals surface area contributed by atoms with Crippen LogP contribution in [0.2, 0.25) is 0 Å².